The van der Waals surface area contributed by atoms with E-state index in [0.29, 0.717) is 10.8 Å². The SMILES string of the molecule is CC(C)(C)NC(=O)N1CCC(C)(C(C)(C)C)CC1. The number of amides is 2. The van der Waals surface area contributed by atoms with Crippen molar-refractivity contribution in [3.8, 4) is 0 Å². The standard InChI is InChI=1S/C15H30N2O/c1-13(2,3)15(7)8-10-17(11-9-15)12(18)16-14(4,5)6/h8-11H2,1-7H3,(H,16,18). The van der Waals surface area contributed by atoms with Crippen LogP contribution in [0.2, 0.25) is 0 Å². The summed E-state index contributed by atoms with van der Waals surface area (Å²) in [6, 6.07) is 0.0819. The molecule has 106 valence electrons. The topological polar surface area (TPSA) is 32.3 Å². The molecule has 0 aromatic carbocycles. The summed E-state index contributed by atoms with van der Waals surface area (Å²) < 4.78 is 0. The molecule has 0 saturated carbocycles. The quantitative estimate of drug-likeness (QED) is 0.703. The second-order valence-corrected chi connectivity index (χ2v) is 7.98. The normalized spacial score (nSPS) is 20.7. The lowest BCUT2D eigenvalue weighted by molar-refractivity contribution is 0.0331. The fraction of sp³-hybridized carbons (Fsp3) is 0.933. The van der Waals surface area contributed by atoms with Gasteiger partial charge in [0.1, 0.15) is 0 Å². The van der Waals surface area contributed by atoms with E-state index in [1.54, 1.807) is 0 Å². The Morgan fingerprint density at radius 3 is 1.83 bits per heavy atom. The molecule has 0 aliphatic carbocycles. The Labute approximate surface area is 112 Å². The minimum atomic E-state index is -0.151. The van der Waals surface area contributed by atoms with Crippen molar-refractivity contribution in [1.82, 2.24) is 10.2 Å². The third-order valence-corrected chi connectivity index (χ3v) is 4.45. The van der Waals surface area contributed by atoms with E-state index in [1.807, 2.05) is 25.7 Å². The Morgan fingerprint density at radius 2 is 1.50 bits per heavy atom. The van der Waals surface area contributed by atoms with Gasteiger partial charge in [-0.3, -0.25) is 0 Å². The highest BCUT2D eigenvalue weighted by Gasteiger charge is 2.40. The zero-order valence-corrected chi connectivity index (χ0v) is 13.2. The van der Waals surface area contributed by atoms with Crippen LogP contribution in [0.25, 0.3) is 0 Å². The number of nitrogens with zero attached hydrogens (tertiary/aromatic N) is 1. The van der Waals surface area contributed by atoms with Crippen LogP contribution in [0.3, 0.4) is 0 Å². The van der Waals surface area contributed by atoms with Gasteiger partial charge >= 0.3 is 6.03 Å². The van der Waals surface area contributed by atoms with Crippen molar-refractivity contribution in [3.63, 3.8) is 0 Å². The van der Waals surface area contributed by atoms with Crippen LogP contribution in [0.15, 0.2) is 0 Å². The summed E-state index contributed by atoms with van der Waals surface area (Å²) in [5.41, 5.74) is 0.493. The van der Waals surface area contributed by atoms with Gasteiger partial charge in [-0.2, -0.15) is 0 Å². The van der Waals surface area contributed by atoms with Crippen molar-refractivity contribution < 1.29 is 4.79 Å². The van der Waals surface area contributed by atoms with Gasteiger partial charge < -0.3 is 10.2 Å². The first kappa shape index (κ1) is 15.3. The fourth-order valence-corrected chi connectivity index (χ4v) is 2.35. The lowest BCUT2D eigenvalue weighted by Gasteiger charge is -2.48. The second kappa shape index (κ2) is 4.75. The number of urea groups is 1. The molecule has 3 nitrogen and oxygen atoms in total. The van der Waals surface area contributed by atoms with Crippen molar-refractivity contribution in [2.24, 2.45) is 10.8 Å². The van der Waals surface area contributed by atoms with E-state index in [9.17, 15) is 4.79 Å². The molecule has 1 N–H and O–H groups in total. The summed E-state index contributed by atoms with van der Waals surface area (Å²) in [5, 5.41) is 3.04. The zero-order chi connectivity index (χ0) is 14.2. The number of hydrogen-bond acceptors (Lipinski definition) is 1. The van der Waals surface area contributed by atoms with Gasteiger partial charge in [-0.1, -0.05) is 27.7 Å². The minimum Gasteiger partial charge on any atom is -0.333 e. The van der Waals surface area contributed by atoms with Crippen LogP contribution in [0.1, 0.15) is 61.3 Å². The maximum Gasteiger partial charge on any atom is 0.317 e. The molecule has 0 unspecified atom stereocenters. The van der Waals surface area contributed by atoms with E-state index >= 15 is 0 Å². The van der Waals surface area contributed by atoms with Crippen molar-refractivity contribution in [1.29, 1.82) is 0 Å². The van der Waals surface area contributed by atoms with Gasteiger partial charge in [0.15, 0.2) is 0 Å². The summed E-state index contributed by atoms with van der Waals surface area (Å²) in [7, 11) is 0. The first-order valence-electron chi connectivity index (χ1n) is 7.02. The molecule has 1 aliphatic rings. The molecule has 3 heteroatoms. The molecule has 1 aliphatic heterocycles. The minimum absolute atomic E-state index is 0.0819. The highest BCUT2D eigenvalue weighted by Crippen LogP contribution is 2.46. The summed E-state index contributed by atoms with van der Waals surface area (Å²) >= 11 is 0. The predicted octanol–water partition coefficient (Wildman–Crippen LogP) is 3.64. The van der Waals surface area contributed by atoms with Gasteiger partial charge in [0.05, 0.1) is 0 Å². The maximum absolute atomic E-state index is 12.1. The molecular weight excluding hydrogens is 224 g/mol. The summed E-state index contributed by atoms with van der Waals surface area (Å²) in [6.45, 7) is 17.1. The second-order valence-electron chi connectivity index (χ2n) is 7.98. The van der Waals surface area contributed by atoms with Gasteiger partial charge in [0, 0.05) is 18.6 Å². The third-order valence-electron chi connectivity index (χ3n) is 4.45. The predicted molar refractivity (Wildman–Crippen MR) is 76.7 cm³/mol. The molecule has 0 atom stereocenters. The third kappa shape index (κ3) is 3.63. The molecule has 0 bridgehead atoms. The summed E-state index contributed by atoms with van der Waals surface area (Å²) in [6.07, 6.45) is 2.18. The summed E-state index contributed by atoms with van der Waals surface area (Å²) in [4.78, 5) is 14.0. The Hall–Kier alpha value is -0.730. The van der Waals surface area contributed by atoms with Crippen LogP contribution in [0.4, 0.5) is 4.79 Å². The molecule has 1 saturated heterocycles. The Morgan fingerprint density at radius 1 is 1.06 bits per heavy atom. The number of carbonyl (C=O) groups is 1. The molecule has 1 heterocycles. The number of hydrogen-bond donors (Lipinski definition) is 1. The number of likely N-dealkylation sites (tertiary alicyclic amines) is 1. The van der Waals surface area contributed by atoms with Crippen LogP contribution in [-0.2, 0) is 0 Å². The van der Waals surface area contributed by atoms with Gasteiger partial charge in [0.2, 0.25) is 0 Å². The first-order chi connectivity index (χ1) is 7.95. The molecule has 0 aromatic heterocycles. The van der Waals surface area contributed by atoms with E-state index in [4.69, 9.17) is 0 Å². The molecule has 18 heavy (non-hydrogen) atoms. The smallest absolute Gasteiger partial charge is 0.317 e. The highest BCUT2D eigenvalue weighted by molar-refractivity contribution is 5.75. The molecule has 0 spiro atoms. The summed E-state index contributed by atoms with van der Waals surface area (Å²) in [5.74, 6) is 0. The molecule has 0 radical (unpaired) electrons. The molecule has 0 aromatic rings. The van der Waals surface area contributed by atoms with Crippen molar-refractivity contribution in [2.45, 2.75) is 66.8 Å². The maximum atomic E-state index is 12.1. The zero-order valence-electron chi connectivity index (χ0n) is 13.2. The van der Waals surface area contributed by atoms with E-state index in [2.05, 4.69) is 33.0 Å². The van der Waals surface area contributed by atoms with Gasteiger partial charge in [0.25, 0.3) is 0 Å². The van der Waals surface area contributed by atoms with Crippen LogP contribution < -0.4 is 5.32 Å². The fourth-order valence-electron chi connectivity index (χ4n) is 2.35. The number of rotatable bonds is 0. The van der Waals surface area contributed by atoms with E-state index in [-0.39, 0.29) is 11.6 Å². The number of nitrogens with one attached hydrogen (secondary N) is 1. The van der Waals surface area contributed by atoms with Crippen molar-refractivity contribution in [3.05, 3.63) is 0 Å². The monoisotopic (exact) mass is 254 g/mol. The Balaban J connectivity index is 2.57. The van der Waals surface area contributed by atoms with Crippen molar-refractivity contribution in [2.75, 3.05) is 13.1 Å². The highest BCUT2D eigenvalue weighted by atomic mass is 16.2. The Kier molecular flexibility index (Phi) is 4.04. The van der Waals surface area contributed by atoms with Crippen LogP contribution in [0.5, 0.6) is 0 Å². The average molecular weight is 254 g/mol. The van der Waals surface area contributed by atoms with E-state index in [0.717, 1.165) is 25.9 Å². The number of piperidine rings is 1. The van der Waals surface area contributed by atoms with Crippen molar-refractivity contribution >= 4 is 6.03 Å². The van der Waals surface area contributed by atoms with Gasteiger partial charge in [-0.25, -0.2) is 4.79 Å². The molecule has 1 rings (SSSR count). The molecule has 1 fully saturated rings. The lowest BCUT2D eigenvalue weighted by Crippen LogP contribution is -2.53. The van der Waals surface area contributed by atoms with Crippen LogP contribution in [0, 0.1) is 10.8 Å². The van der Waals surface area contributed by atoms with Crippen LogP contribution >= 0.6 is 0 Å². The van der Waals surface area contributed by atoms with E-state index < -0.39 is 0 Å². The van der Waals surface area contributed by atoms with E-state index in [1.165, 1.54) is 0 Å². The Bertz CT molecular complexity index is 301. The average Bonchev–Trinajstić information content (AvgIpc) is 2.14. The number of carbonyl (C=O) groups excluding carboxylic acids is 1. The lowest BCUT2D eigenvalue weighted by atomic mass is 9.63. The largest absolute Gasteiger partial charge is 0.333 e. The van der Waals surface area contributed by atoms with Crippen LogP contribution in [-0.4, -0.2) is 29.6 Å². The first-order valence-corrected chi connectivity index (χ1v) is 7.02. The molecule has 2 amide bonds. The molecular formula is C15H30N2O. The van der Waals surface area contributed by atoms with Gasteiger partial charge in [-0.15, -0.1) is 0 Å². The van der Waals surface area contributed by atoms with Gasteiger partial charge in [-0.05, 0) is 44.4 Å².